The van der Waals surface area contributed by atoms with Crippen molar-refractivity contribution in [3.8, 4) is 0 Å². The molecule has 0 spiro atoms. The second kappa shape index (κ2) is 14.0. The van der Waals surface area contributed by atoms with Gasteiger partial charge in [0.25, 0.3) is 0 Å². The number of guanidine groups is 1. The van der Waals surface area contributed by atoms with Gasteiger partial charge in [0, 0.05) is 52.2 Å². The van der Waals surface area contributed by atoms with Crippen molar-refractivity contribution in [3.05, 3.63) is 35.9 Å². The third kappa shape index (κ3) is 8.32. The molecule has 0 aromatic heterocycles. The SMILES string of the molecule is CCC(CC)C(CNC(=NC)NCCC(=O)NCc1ccccc1)N1CCOCC1. The summed E-state index contributed by atoms with van der Waals surface area (Å²) < 4.78 is 5.53. The third-order valence-electron chi connectivity index (χ3n) is 5.79. The fourth-order valence-electron chi connectivity index (χ4n) is 3.94. The van der Waals surface area contributed by atoms with Crippen molar-refractivity contribution in [1.29, 1.82) is 0 Å². The Balaban J connectivity index is 1.74. The maximum atomic E-state index is 12.1. The number of hydrogen-bond donors (Lipinski definition) is 3. The predicted octanol–water partition coefficient (Wildman–Crippen LogP) is 1.99. The summed E-state index contributed by atoms with van der Waals surface area (Å²) in [6, 6.07) is 10.4. The number of nitrogens with zero attached hydrogens (tertiary/aromatic N) is 2. The fourth-order valence-corrected chi connectivity index (χ4v) is 3.94. The van der Waals surface area contributed by atoms with Gasteiger partial charge in [-0.25, -0.2) is 0 Å². The average molecular weight is 418 g/mol. The molecule has 1 saturated heterocycles. The normalized spacial score (nSPS) is 16.3. The van der Waals surface area contributed by atoms with Gasteiger partial charge in [-0.1, -0.05) is 57.0 Å². The Kier molecular flexibility index (Phi) is 11.3. The molecule has 0 aliphatic carbocycles. The summed E-state index contributed by atoms with van der Waals surface area (Å²) in [5.41, 5.74) is 1.10. The van der Waals surface area contributed by atoms with Crippen molar-refractivity contribution in [2.45, 2.75) is 45.7 Å². The molecule has 168 valence electrons. The Morgan fingerprint density at radius 1 is 1.10 bits per heavy atom. The summed E-state index contributed by atoms with van der Waals surface area (Å²) in [5, 5.41) is 9.70. The van der Waals surface area contributed by atoms with Gasteiger partial charge in [-0.05, 0) is 11.5 Å². The van der Waals surface area contributed by atoms with E-state index in [1.807, 2.05) is 30.3 Å². The van der Waals surface area contributed by atoms with E-state index in [4.69, 9.17) is 4.74 Å². The Labute approximate surface area is 181 Å². The van der Waals surface area contributed by atoms with Crippen LogP contribution in [-0.2, 0) is 16.1 Å². The van der Waals surface area contributed by atoms with Gasteiger partial charge in [-0.15, -0.1) is 0 Å². The van der Waals surface area contributed by atoms with Crippen LogP contribution >= 0.6 is 0 Å². The van der Waals surface area contributed by atoms with Crippen molar-refractivity contribution in [1.82, 2.24) is 20.9 Å². The van der Waals surface area contributed by atoms with Gasteiger partial charge in [-0.2, -0.15) is 0 Å². The van der Waals surface area contributed by atoms with E-state index >= 15 is 0 Å². The first-order valence-electron chi connectivity index (χ1n) is 11.2. The van der Waals surface area contributed by atoms with Crippen LogP contribution in [0.5, 0.6) is 0 Å². The number of benzene rings is 1. The van der Waals surface area contributed by atoms with Crippen LogP contribution in [0.3, 0.4) is 0 Å². The number of rotatable bonds is 11. The zero-order valence-electron chi connectivity index (χ0n) is 18.8. The van der Waals surface area contributed by atoms with Gasteiger partial charge in [-0.3, -0.25) is 14.7 Å². The largest absolute Gasteiger partial charge is 0.379 e. The summed E-state index contributed by atoms with van der Waals surface area (Å²) in [7, 11) is 1.77. The number of carbonyl (C=O) groups excluding carboxylic acids is 1. The van der Waals surface area contributed by atoms with Gasteiger partial charge in [0.15, 0.2) is 5.96 Å². The topological polar surface area (TPSA) is 78.0 Å². The molecule has 0 radical (unpaired) electrons. The smallest absolute Gasteiger partial charge is 0.222 e. The lowest BCUT2D eigenvalue weighted by Gasteiger charge is -2.39. The maximum absolute atomic E-state index is 12.1. The highest BCUT2D eigenvalue weighted by atomic mass is 16.5. The molecular formula is C23H39N5O2. The molecule has 1 heterocycles. The second-order valence-electron chi connectivity index (χ2n) is 7.68. The quantitative estimate of drug-likeness (QED) is 0.379. The molecule has 0 saturated carbocycles. The summed E-state index contributed by atoms with van der Waals surface area (Å²) in [6.07, 6.45) is 2.73. The molecule has 3 N–H and O–H groups in total. The van der Waals surface area contributed by atoms with E-state index in [9.17, 15) is 4.79 Å². The van der Waals surface area contributed by atoms with Crippen LogP contribution in [0.4, 0.5) is 0 Å². The molecule has 1 atom stereocenters. The molecule has 1 fully saturated rings. The Morgan fingerprint density at radius 3 is 2.43 bits per heavy atom. The Bertz CT molecular complexity index is 628. The fraction of sp³-hybridized carbons (Fsp3) is 0.652. The zero-order valence-corrected chi connectivity index (χ0v) is 18.8. The van der Waals surface area contributed by atoms with Crippen molar-refractivity contribution >= 4 is 11.9 Å². The summed E-state index contributed by atoms with van der Waals surface area (Å²) in [4.78, 5) is 19.0. The highest BCUT2D eigenvalue weighted by molar-refractivity contribution is 5.81. The second-order valence-corrected chi connectivity index (χ2v) is 7.68. The molecule has 2 rings (SSSR count). The van der Waals surface area contributed by atoms with Crippen molar-refractivity contribution in [3.63, 3.8) is 0 Å². The molecule has 1 unspecified atom stereocenters. The number of aliphatic imine (C=N–C) groups is 1. The first-order chi connectivity index (χ1) is 14.7. The van der Waals surface area contributed by atoms with Crippen LogP contribution in [-0.4, -0.2) is 69.2 Å². The van der Waals surface area contributed by atoms with Crippen LogP contribution in [0.15, 0.2) is 35.3 Å². The number of nitrogens with one attached hydrogen (secondary N) is 3. The minimum Gasteiger partial charge on any atom is -0.379 e. The maximum Gasteiger partial charge on any atom is 0.222 e. The van der Waals surface area contributed by atoms with Crippen molar-refractivity contribution in [2.75, 3.05) is 46.4 Å². The number of amides is 1. The number of ether oxygens (including phenoxy) is 1. The molecule has 0 bridgehead atoms. The molecule has 7 nitrogen and oxygen atoms in total. The van der Waals surface area contributed by atoms with Gasteiger partial charge >= 0.3 is 0 Å². The zero-order chi connectivity index (χ0) is 21.6. The molecule has 1 amide bonds. The molecular weight excluding hydrogens is 378 g/mol. The van der Waals surface area contributed by atoms with E-state index in [0.717, 1.165) is 57.2 Å². The minimum absolute atomic E-state index is 0.0324. The molecule has 1 aliphatic heterocycles. The monoisotopic (exact) mass is 417 g/mol. The van der Waals surface area contributed by atoms with Crippen molar-refractivity contribution < 1.29 is 9.53 Å². The lowest BCUT2D eigenvalue weighted by Crippen LogP contribution is -2.53. The van der Waals surface area contributed by atoms with E-state index in [2.05, 4.69) is 39.7 Å². The van der Waals surface area contributed by atoms with Crippen LogP contribution in [0.25, 0.3) is 0 Å². The molecule has 1 aliphatic rings. The van der Waals surface area contributed by atoms with Crippen LogP contribution in [0.1, 0.15) is 38.7 Å². The molecule has 1 aromatic carbocycles. The summed E-state index contributed by atoms with van der Waals surface area (Å²) >= 11 is 0. The van der Waals surface area contributed by atoms with Gasteiger partial charge in [0.1, 0.15) is 0 Å². The average Bonchev–Trinajstić information content (AvgIpc) is 2.80. The van der Waals surface area contributed by atoms with Gasteiger partial charge in [0.2, 0.25) is 5.91 Å². The van der Waals surface area contributed by atoms with Crippen LogP contribution in [0.2, 0.25) is 0 Å². The van der Waals surface area contributed by atoms with E-state index in [-0.39, 0.29) is 5.91 Å². The summed E-state index contributed by atoms with van der Waals surface area (Å²) in [6.45, 7) is 10.1. The summed E-state index contributed by atoms with van der Waals surface area (Å²) in [5.74, 6) is 1.41. The first kappa shape index (κ1) is 24.2. The minimum atomic E-state index is 0.0324. The van der Waals surface area contributed by atoms with E-state index in [0.29, 0.717) is 31.5 Å². The van der Waals surface area contributed by atoms with Crippen LogP contribution in [0, 0.1) is 5.92 Å². The standard InChI is InChI=1S/C23H39N5O2/c1-4-20(5-2)21(28-13-15-30-16-14-28)18-27-23(24-3)25-12-11-22(29)26-17-19-9-7-6-8-10-19/h6-10,20-21H,4-5,11-18H2,1-3H3,(H,26,29)(H2,24,25,27). The third-order valence-corrected chi connectivity index (χ3v) is 5.79. The lowest BCUT2D eigenvalue weighted by molar-refractivity contribution is -0.121. The van der Waals surface area contributed by atoms with E-state index in [1.54, 1.807) is 7.05 Å². The first-order valence-corrected chi connectivity index (χ1v) is 11.2. The number of carbonyl (C=O) groups is 1. The Morgan fingerprint density at radius 2 is 1.80 bits per heavy atom. The van der Waals surface area contributed by atoms with Gasteiger partial charge < -0.3 is 20.7 Å². The number of hydrogen-bond acceptors (Lipinski definition) is 4. The number of morpholine rings is 1. The van der Waals surface area contributed by atoms with Gasteiger partial charge in [0.05, 0.1) is 13.2 Å². The van der Waals surface area contributed by atoms with E-state index in [1.165, 1.54) is 0 Å². The van der Waals surface area contributed by atoms with Crippen LogP contribution < -0.4 is 16.0 Å². The highest BCUT2D eigenvalue weighted by Crippen LogP contribution is 2.19. The predicted molar refractivity (Wildman–Crippen MR) is 123 cm³/mol. The molecule has 1 aromatic rings. The van der Waals surface area contributed by atoms with E-state index < -0.39 is 0 Å². The van der Waals surface area contributed by atoms with Crippen molar-refractivity contribution in [2.24, 2.45) is 10.9 Å². The molecule has 30 heavy (non-hydrogen) atoms. The Hall–Kier alpha value is -2.12. The highest BCUT2D eigenvalue weighted by Gasteiger charge is 2.26. The lowest BCUT2D eigenvalue weighted by atomic mass is 9.92. The molecule has 7 heteroatoms.